The van der Waals surface area contributed by atoms with Gasteiger partial charge in [-0.15, -0.1) is 0 Å². The number of rotatable bonds is 7. The molecular formula is C23H26FN3O4. The van der Waals surface area contributed by atoms with Gasteiger partial charge in [-0.2, -0.15) is 5.26 Å². The molecule has 2 saturated heterocycles. The van der Waals surface area contributed by atoms with Crippen LogP contribution in [0.25, 0.3) is 0 Å². The van der Waals surface area contributed by atoms with Gasteiger partial charge in [-0.05, 0) is 42.0 Å². The lowest BCUT2D eigenvalue weighted by atomic mass is 9.83. The second-order valence-corrected chi connectivity index (χ2v) is 8.17. The lowest BCUT2D eigenvalue weighted by molar-refractivity contribution is -0.268. The van der Waals surface area contributed by atoms with Crippen LogP contribution < -0.4 is 15.0 Å². The second kappa shape index (κ2) is 9.20. The van der Waals surface area contributed by atoms with Gasteiger partial charge in [0.15, 0.2) is 17.9 Å². The van der Waals surface area contributed by atoms with Crippen LogP contribution in [0.5, 0.6) is 5.75 Å². The van der Waals surface area contributed by atoms with Crippen LogP contribution in [-0.4, -0.2) is 57.5 Å². The average molecular weight is 427 g/mol. The normalized spacial score (nSPS) is 18.8. The first kappa shape index (κ1) is 21.5. The van der Waals surface area contributed by atoms with E-state index >= 15 is 0 Å². The monoisotopic (exact) mass is 427 g/mol. The van der Waals surface area contributed by atoms with Crippen molar-refractivity contribution in [1.82, 2.24) is 5.32 Å². The number of aliphatic hydroxyl groups excluding tert-OH is 1. The third-order valence-electron chi connectivity index (χ3n) is 5.78. The Kier molecular flexibility index (Phi) is 6.39. The molecule has 2 aromatic carbocycles. The van der Waals surface area contributed by atoms with E-state index in [1.54, 1.807) is 24.3 Å². The molecule has 1 spiro atoms. The van der Waals surface area contributed by atoms with Crippen molar-refractivity contribution in [2.24, 2.45) is 5.41 Å². The topological polar surface area (TPSA) is 87.0 Å². The first-order chi connectivity index (χ1) is 15.0. The summed E-state index contributed by atoms with van der Waals surface area (Å²) in [5.41, 5.74) is 2.08. The number of benzene rings is 2. The zero-order valence-electron chi connectivity index (χ0n) is 17.4. The van der Waals surface area contributed by atoms with Crippen molar-refractivity contribution in [2.45, 2.75) is 18.9 Å². The highest BCUT2D eigenvalue weighted by molar-refractivity contribution is 5.50. The van der Waals surface area contributed by atoms with Gasteiger partial charge in [-0.1, -0.05) is 6.07 Å². The number of nitriles is 1. The zero-order valence-corrected chi connectivity index (χ0v) is 17.4. The Morgan fingerprint density at radius 2 is 1.97 bits per heavy atom. The predicted octanol–water partition coefficient (Wildman–Crippen LogP) is 2.04. The van der Waals surface area contributed by atoms with Gasteiger partial charge >= 0.3 is 0 Å². The quantitative estimate of drug-likeness (QED) is 0.699. The van der Waals surface area contributed by atoms with Crippen LogP contribution in [0.1, 0.15) is 11.1 Å². The molecule has 2 fully saturated rings. The van der Waals surface area contributed by atoms with Crippen molar-refractivity contribution in [2.75, 3.05) is 44.9 Å². The van der Waals surface area contributed by atoms with Crippen LogP contribution >= 0.6 is 0 Å². The van der Waals surface area contributed by atoms with Gasteiger partial charge in [0.05, 0.1) is 32.0 Å². The minimum Gasteiger partial charge on any atom is -0.494 e. The highest BCUT2D eigenvalue weighted by Crippen LogP contribution is 2.30. The number of methoxy groups -OCH3 is 1. The SMILES string of the molecule is COc1ccc(CN(C[C@H](O)C2OCC3(CNC3)CO2)c2ccc(C#N)cc2)cc1F. The summed E-state index contributed by atoms with van der Waals surface area (Å²) >= 11 is 0. The van der Waals surface area contributed by atoms with Gasteiger partial charge in [-0.25, -0.2) is 4.39 Å². The van der Waals surface area contributed by atoms with E-state index in [9.17, 15) is 9.50 Å². The molecule has 0 unspecified atom stereocenters. The smallest absolute Gasteiger partial charge is 0.185 e. The van der Waals surface area contributed by atoms with Crippen molar-refractivity contribution in [3.05, 3.63) is 59.4 Å². The maximum atomic E-state index is 14.2. The molecule has 8 heteroatoms. The average Bonchev–Trinajstić information content (AvgIpc) is 2.78. The van der Waals surface area contributed by atoms with E-state index in [1.807, 2.05) is 17.0 Å². The summed E-state index contributed by atoms with van der Waals surface area (Å²) in [5.74, 6) is -0.268. The summed E-state index contributed by atoms with van der Waals surface area (Å²) in [5, 5.41) is 23.1. The Bertz CT molecular complexity index is 933. The molecule has 2 aliphatic heterocycles. The molecule has 0 bridgehead atoms. The molecular weight excluding hydrogens is 401 g/mol. The Hall–Kier alpha value is -2.70. The maximum Gasteiger partial charge on any atom is 0.185 e. The number of ether oxygens (including phenoxy) is 3. The van der Waals surface area contributed by atoms with E-state index < -0.39 is 18.2 Å². The largest absolute Gasteiger partial charge is 0.494 e. The highest BCUT2D eigenvalue weighted by Gasteiger charge is 2.43. The fraction of sp³-hybridized carbons (Fsp3) is 0.435. The highest BCUT2D eigenvalue weighted by atomic mass is 19.1. The summed E-state index contributed by atoms with van der Waals surface area (Å²) in [6, 6.07) is 13.9. The third-order valence-corrected chi connectivity index (χ3v) is 5.78. The fourth-order valence-electron chi connectivity index (χ4n) is 3.86. The molecule has 0 radical (unpaired) electrons. The Morgan fingerprint density at radius 1 is 1.26 bits per heavy atom. The van der Waals surface area contributed by atoms with Gasteiger partial charge in [0, 0.05) is 37.3 Å². The summed E-state index contributed by atoms with van der Waals surface area (Å²) in [6.07, 6.45) is -1.62. The molecule has 2 N–H and O–H groups in total. The number of halogens is 1. The van der Waals surface area contributed by atoms with Crippen LogP contribution in [0.3, 0.4) is 0 Å². The van der Waals surface area contributed by atoms with E-state index in [2.05, 4.69) is 11.4 Å². The standard InChI is InChI=1S/C23H26FN3O4/c1-29-21-7-4-17(8-19(21)24)10-27(18-5-2-16(9-25)3-6-18)11-20(28)22-30-14-23(15-31-22)12-26-13-23/h2-8,20,22,26,28H,10-15H2,1H3/t20-/m0/s1. The van der Waals surface area contributed by atoms with E-state index in [4.69, 9.17) is 19.5 Å². The van der Waals surface area contributed by atoms with Crippen LogP contribution in [-0.2, 0) is 16.0 Å². The Morgan fingerprint density at radius 3 is 2.52 bits per heavy atom. The van der Waals surface area contributed by atoms with Crippen LogP contribution in [0.4, 0.5) is 10.1 Å². The van der Waals surface area contributed by atoms with Gasteiger partial charge < -0.3 is 29.5 Å². The lowest BCUT2D eigenvalue weighted by Crippen LogP contribution is -2.62. The first-order valence-electron chi connectivity index (χ1n) is 10.2. The number of hydrogen-bond donors (Lipinski definition) is 2. The van der Waals surface area contributed by atoms with Gasteiger partial charge in [0.1, 0.15) is 6.10 Å². The summed E-state index contributed by atoms with van der Waals surface area (Å²) in [6.45, 7) is 3.37. The molecule has 7 nitrogen and oxygen atoms in total. The van der Waals surface area contributed by atoms with E-state index in [-0.39, 0.29) is 17.7 Å². The van der Waals surface area contributed by atoms with E-state index in [1.165, 1.54) is 13.2 Å². The number of nitrogens with zero attached hydrogens (tertiary/aromatic N) is 2. The van der Waals surface area contributed by atoms with Crippen LogP contribution in [0, 0.1) is 22.6 Å². The predicted molar refractivity (Wildman–Crippen MR) is 112 cm³/mol. The van der Waals surface area contributed by atoms with Gasteiger partial charge in [0.2, 0.25) is 0 Å². The number of nitrogens with one attached hydrogen (secondary N) is 1. The first-order valence-corrected chi connectivity index (χ1v) is 10.2. The third kappa shape index (κ3) is 4.81. The minimum atomic E-state index is -0.899. The molecule has 0 aliphatic carbocycles. The molecule has 164 valence electrons. The van der Waals surface area contributed by atoms with Crippen molar-refractivity contribution in [3.8, 4) is 11.8 Å². The van der Waals surface area contributed by atoms with E-state index in [0.29, 0.717) is 25.3 Å². The number of aliphatic hydroxyl groups is 1. The molecule has 31 heavy (non-hydrogen) atoms. The molecule has 4 rings (SSSR count). The Balaban J connectivity index is 1.49. The van der Waals surface area contributed by atoms with E-state index in [0.717, 1.165) is 24.3 Å². The molecule has 0 aromatic heterocycles. The number of hydrogen-bond acceptors (Lipinski definition) is 7. The second-order valence-electron chi connectivity index (χ2n) is 8.17. The van der Waals surface area contributed by atoms with Crippen molar-refractivity contribution < 1.29 is 23.7 Å². The molecule has 0 saturated carbocycles. The minimum absolute atomic E-state index is 0.0175. The van der Waals surface area contributed by atoms with Gasteiger partial charge in [-0.3, -0.25) is 0 Å². The van der Waals surface area contributed by atoms with Crippen LogP contribution in [0.2, 0.25) is 0 Å². The molecule has 2 aromatic rings. The van der Waals surface area contributed by atoms with Crippen LogP contribution in [0.15, 0.2) is 42.5 Å². The molecule has 1 atom stereocenters. The zero-order chi connectivity index (χ0) is 21.8. The molecule has 2 aliphatic rings. The lowest BCUT2D eigenvalue weighted by Gasteiger charge is -2.47. The van der Waals surface area contributed by atoms with Crippen molar-refractivity contribution >= 4 is 5.69 Å². The summed E-state index contributed by atoms with van der Waals surface area (Å²) < 4.78 is 30.8. The number of anilines is 1. The van der Waals surface area contributed by atoms with Crippen molar-refractivity contribution in [1.29, 1.82) is 5.26 Å². The summed E-state index contributed by atoms with van der Waals surface area (Å²) in [7, 11) is 1.42. The van der Waals surface area contributed by atoms with Crippen molar-refractivity contribution in [3.63, 3.8) is 0 Å². The fourth-order valence-corrected chi connectivity index (χ4v) is 3.86. The maximum absolute atomic E-state index is 14.2. The summed E-state index contributed by atoms with van der Waals surface area (Å²) in [4.78, 5) is 1.91. The molecule has 0 amide bonds. The Labute approximate surface area is 180 Å². The molecule has 2 heterocycles. The van der Waals surface area contributed by atoms with Gasteiger partial charge in [0.25, 0.3) is 0 Å².